The molecule has 0 fully saturated rings. The summed E-state index contributed by atoms with van der Waals surface area (Å²) >= 11 is 0. The summed E-state index contributed by atoms with van der Waals surface area (Å²) in [6, 6.07) is 12.2. The van der Waals surface area contributed by atoms with Crippen LogP contribution in [0.4, 0.5) is 0 Å². The Bertz CT molecular complexity index is 816. The highest BCUT2D eigenvalue weighted by Gasteiger charge is 2.39. The van der Waals surface area contributed by atoms with Crippen LogP contribution in [-0.4, -0.2) is 32.7 Å². The highest BCUT2D eigenvalue weighted by Crippen LogP contribution is 2.49. The van der Waals surface area contributed by atoms with Gasteiger partial charge in [-0.05, 0) is 29.3 Å². The molecule has 0 aliphatic carbocycles. The minimum Gasteiger partial charge on any atom is -0.481 e. The number of carbonyl (C=O) groups is 2. The highest BCUT2D eigenvalue weighted by molar-refractivity contribution is 7.66. The fraction of sp³-hybridized carbons (Fsp3) is 0.294. The van der Waals surface area contributed by atoms with Crippen LogP contribution >= 0.6 is 7.37 Å². The molecule has 0 aliphatic rings. The first-order valence-electron chi connectivity index (χ1n) is 7.50. The Kier molecular flexibility index (Phi) is 5.42. The van der Waals surface area contributed by atoms with Gasteiger partial charge in [0, 0.05) is 11.7 Å². The highest BCUT2D eigenvalue weighted by atomic mass is 31.2. The van der Waals surface area contributed by atoms with Crippen molar-refractivity contribution in [2.45, 2.75) is 25.4 Å². The van der Waals surface area contributed by atoms with Gasteiger partial charge in [0.2, 0.25) is 7.37 Å². The lowest BCUT2D eigenvalue weighted by Gasteiger charge is -2.25. The molecule has 6 nitrogen and oxygen atoms in total. The molecule has 2 aromatic carbocycles. The zero-order chi connectivity index (χ0) is 17.9. The van der Waals surface area contributed by atoms with E-state index in [9.17, 15) is 24.2 Å². The molecule has 3 unspecified atom stereocenters. The third-order valence-electron chi connectivity index (χ3n) is 4.22. The van der Waals surface area contributed by atoms with Gasteiger partial charge in [-0.25, -0.2) is 0 Å². The van der Waals surface area contributed by atoms with Gasteiger partial charge in [0.1, 0.15) is 0 Å². The van der Waals surface area contributed by atoms with Crippen molar-refractivity contribution in [1.29, 1.82) is 0 Å². The molecular weight excluding hydrogens is 331 g/mol. The van der Waals surface area contributed by atoms with Gasteiger partial charge in [-0.2, -0.15) is 0 Å². The lowest BCUT2D eigenvalue weighted by molar-refractivity contribution is -0.142. The van der Waals surface area contributed by atoms with E-state index < -0.39 is 30.9 Å². The molecule has 0 bridgehead atoms. The van der Waals surface area contributed by atoms with Crippen molar-refractivity contribution >= 4 is 35.4 Å². The molecule has 3 atom stereocenters. The van der Waals surface area contributed by atoms with Crippen molar-refractivity contribution in [2.24, 2.45) is 5.92 Å². The predicted molar refractivity (Wildman–Crippen MR) is 90.9 cm³/mol. The average Bonchev–Trinajstić information content (AvgIpc) is 2.53. The molecule has 0 saturated heterocycles. The van der Waals surface area contributed by atoms with Gasteiger partial charge in [-0.15, -0.1) is 0 Å². The van der Waals surface area contributed by atoms with E-state index in [1.54, 1.807) is 12.1 Å². The van der Waals surface area contributed by atoms with Gasteiger partial charge in [0.05, 0.1) is 11.6 Å². The van der Waals surface area contributed by atoms with E-state index in [2.05, 4.69) is 0 Å². The van der Waals surface area contributed by atoms with Gasteiger partial charge < -0.3 is 15.1 Å². The second-order valence-corrected chi connectivity index (χ2v) is 8.35. The van der Waals surface area contributed by atoms with Crippen LogP contribution in [0.25, 0.3) is 10.8 Å². The predicted octanol–water partition coefficient (Wildman–Crippen LogP) is 2.69. The second-order valence-electron chi connectivity index (χ2n) is 5.77. The zero-order valence-corrected chi connectivity index (χ0v) is 14.0. The zero-order valence-electron chi connectivity index (χ0n) is 13.1. The fourth-order valence-electron chi connectivity index (χ4n) is 2.71. The SMILES string of the molecule is CC(C(CCC(=O)O)C(=O)O)P(=O)(O)c1ccc2ccccc2c1. The molecule has 0 radical (unpaired) electrons. The molecule has 2 aromatic rings. The molecule has 0 heterocycles. The molecule has 128 valence electrons. The first-order valence-corrected chi connectivity index (χ1v) is 9.23. The van der Waals surface area contributed by atoms with E-state index in [1.165, 1.54) is 13.0 Å². The smallest absolute Gasteiger partial charge is 0.307 e. The van der Waals surface area contributed by atoms with E-state index in [1.807, 2.05) is 24.3 Å². The largest absolute Gasteiger partial charge is 0.481 e. The first-order chi connectivity index (χ1) is 11.2. The molecule has 0 aliphatic heterocycles. The number of hydrogen-bond acceptors (Lipinski definition) is 3. The van der Waals surface area contributed by atoms with Gasteiger partial charge in [0.25, 0.3) is 0 Å². The maximum atomic E-state index is 12.9. The molecule has 0 aromatic heterocycles. The van der Waals surface area contributed by atoms with Crippen molar-refractivity contribution < 1.29 is 29.3 Å². The van der Waals surface area contributed by atoms with E-state index in [0.29, 0.717) is 0 Å². The summed E-state index contributed by atoms with van der Waals surface area (Å²) in [6.07, 6.45) is -0.553. The number of fused-ring (bicyclic) bond motifs is 1. The molecule has 3 N–H and O–H groups in total. The van der Waals surface area contributed by atoms with Crippen LogP contribution < -0.4 is 5.30 Å². The van der Waals surface area contributed by atoms with Gasteiger partial charge in [0.15, 0.2) is 0 Å². The first kappa shape index (κ1) is 18.2. The summed E-state index contributed by atoms with van der Waals surface area (Å²) in [4.78, 5) is 32.7. The van der Waals surface area contributed by atoms with Crippen LogP contribution in [0.3, 0.4) is 0 Å². The Morgan fingerprint density at radius 2 is 1.71 bits per heavy atom. The van der Waals surface area contributed by atoms with E-state index >= 15 is 0 Å². The molecule has 2 rings (SSSR count). The van der Waals surface area contributed by atoms with Crippen LogP contribution in [0.5, 0.6) is 0 Å². The Morgan fingerprint density at radius 1 is 1.08 bits per heavy atom. The molecule has 24 heavy (non-hydrogen) atoms. The third-order valence-corrected chi connectivity index (χ3v) is 6.71. The molecule has 0 spiro atoms. The number of carboxylic acids is 2. The van der Waals surface area contributed by atoms with Crippen LogP contribution in [-0.2, 0) is 14.2 Å². The summed E-state index contributed by atoms with van der Waals surface area (Å²) in [7, 11) is -3.98. The number of rotatable bonds is 7. The molecule has 7 heteroatoms. The number of aliphatic carboxylic acids is 2. The normalized spacial score (nSPS) is 16.2. The Hall–Kier alpha value is -2.17. The number of benzene rings is 2. The standard InChI is InChI=1S/C17H19O6P/c1-11(15(17(20)21)8-9-16(18)19)24(22,23)14-7-6-12-4-2-3-5-13(12)10-14/h2-7,10-11,15H,8-9H2,1H3,(H,18,19)(H,20,21)(H,22,23). The van der Waals surface area contributed by atoms with Crippen LogP contribution in [0.15, 0.2) is 42.5 Å². The monoisotopic (exact) mass is 350 g/mol. The minimum absolute atomic E-state index is 0.176. The number of hydrogen-bond donors (Lipinski definition) is 3. The minimum atomic E-state index is -3.98. The Balaban J connectivity index is 2.35. The van der Waals surface area contributed by atoms with Crippen molar-refractivity contribution in [3.63, 3.8) is 0 Å². The Labute approximate surface area is 139 Å². The number of carboxylic acid groups (broad SMARTS) is 2. The lowest BCUT2D eigenvalue weighted by atomic mass is 10.0. The maximum Gasteiger partial charge on any atom is 0.307 e. The third kappa shape index (κ3) is 3.83. The van der Waals surface area contributed by atoms with Crippen molar-refractivity contribution in [3.8, 4) is 0 Å². The van der Waals surface area contributed by atoms with Crippen molar-refractivity contribution in [1.82, 2.24) is 0 Å². The van der Waals surface area contributed by atoms with Gasteiger partial charge >= 0.3 is 11.9 Å². The van der Waals surface area contributed by atoms with E-state index in [-0.39, 0.29) is 18.1 Å². The topological polar surface area (TPSA) is 112 Å². The van der Waals surface area contributed by atoms with Crippen LogP contribution in [0.1, 0.15) is 19.8 Å². The molecule has 0 saturated carbocycles. The van der Waals surface area contributed by atoms with Crippen molar-refractivity contribution in [2.75, 3.05) is 0 Å². The average molecular weight is 350 g/mol. The second kappa shape index (κ2) is 7.16. The Morgan fingerprint density at radius 3 is 2.29 bits per heavy atom. The summed E-state index contributed by atoms with van der Waals surface area (Å²) in [5.74, 6) is -3.60. The van der Waals surface area contributed by atoms with Crippen LogP contribution in [0, 0.1) is 5.92 Å². The fourth-order valence-corrected chi connectivity index (χ4v) is 4.55. The van der Waals surface area contributed by atoms with E-state index in [4.69, 9.17) is 5.11 Å². The summed E-state index contributed by atoms with van der Waals surface area (Å²) < 4.78 is 12.9. The van der Waals surface area contributed by atoms with Crippen molar-refractivity contribution in [3.05, 3.63) is 42.5 Å². The van der Waals surface area contributed by atoms with E-state index in [0.717, 1.165) is 10.8 Å². The maximum absolute atomic E-state index is 12.9. The quantitative estimate of drug-likeness (QED) is 0.662. The molecule has 0 amide bonds. The van der Waals surface area contributed by atoms with Crippen LogP contribution in [0.2, 0.25) is 0 Å². The lowest BCUT2D eigenvalue weighted by Crippen LogP contribution is -2.29. The summed E-state index contributed by atoms with van der Waals surface area (Å²) in [5.41, 5.74) is -1.09. The molecular formula is C17H19O6P. The summed E-state index contributed by atoms with van der Waals surface area (Å²) in [6.45, 7) is 1.39. The van der Waals surface area contributed by atoms with Gasteiger partial charge in [-0.1, -0.05) is 37.3 Å². The van der Waals surface area contributed by atoms with Gasteiger partial charge in [-0.3, -0.25) is 14.2 Å². The summed E-state index contributed by atoms with van der Waals surface area (Å²) in [5, 5.41) is 19.9.